The van der Waals surface area contributed by atoms with Gasteiger partial charge in [-0.2, -0.15) is 5.10 Å². The second-order valence-electron chi connectivity index (χ2n) is 7.01. The molecular formula is C24H19Cl2FN4O5. The number of methoxy groups -OCH3 is 1. The van der Waals surface area contributed by atoms with Crippen LogP contribution in [0.3, 0.4) is 0 Å². The quantitative estimate of drug-likeness (QED) is 0.227. The number of benzene rings is 3. The zero-order valence-electron chi connectivity index (χ0n) is 18.7. The second kappa shape index (κ2) is 12.5. The normalized spacial score (nSPS) is 10.6. The fraction of sp³-hybridized carbons (Fsp3) is 0.0833. The van der Waals surface area contributed by atoms with Crippen LogP contribution >= 0.6 is 23.2 Å². The van der Waals surface area contributed by atoms with E-state index < -0.39 is 23.5 Å². The maximum Gasteiger partial charge on any atom is 0.329 e. The monoisotopic (exact) mass is 532 g/mol. The van der Waals surface area contributed by atoms with Crippen molar-refractivity contribution in [3.8, 4) is 11.5 Å². The third-order valence-corrected chi connectivity index (χ3v) is 4.97. The number of hydrazone groups is 1. The number of carbonyl (C=O) groups is 3. The van der Waals surface area contributed by atoms with E-state index in [1.807, 2.05) is 5.43 Å². The Balaban J connectivity index is 1.58. The molecule has 9 nitrogen and oxygen atoms in total. The molecule has 0 heterocycles. The average Bonchev–Trinajstić information content (AvgIpc) is 2.85. The first kappa shape index (κ1) is 26.5. The predicted molar refractivity (Wildman–Crippen MR) is 134 cm³/mol. The van der Waals surface area contributed by atoms with Crippen molar-refractivity contribution in [2.75, 3.05) is 24.4 Å². The van der Waals surface area contributed by atoms with E-state index in [1.54, 1.807) is 24.3 Å². The zero-order chi connectivity index (χ0) is 26.1. The molecule has 12 heteroatoms. The summed E-state index contributed by atoms with van der Waals surface area (Å²) in [6.07, 6.45) is 1.21. The molecule has 0 saturated heterocycles. The molecule has 0 unspecified atom stereocenters. The largest absolute Gasteiger partial charge is 0.493 e. The van der Waals surface area contributed by atoms with Gasteiger partial charge in [-0.25, -0.2) is 9.82 Å². The molecule has 0 radical (unpaired) electrons. The molecule has 0 aliphatic carbocycles. The first-order valence-corrected chi connectivity index (χ1v) is 11.0. The van der Waals surface area contributed by atoms with Gasteiger partial charge in [-0.3, -0.25) is 14.4 Å². The van der Waals surface area contributed by atoms with Gasteiger partial charge in [0.25, 0.3) is 5.91 Å². The van der Waals surface area contributed by atoms with Crippen molar-refractivity contribution >= 4 is 58.5 Å². The Bertz CT molecular complexity index is 1300. The lowest BCUT2D eigenvalue weighted by molar-refractivity contribution is -0.136. The summed E-state index contributed by atoms with van der Waals surface area (Å²) in [6.45, 7) is -0.348. The summed E-state index contributed by atoms with van der Waals surface area (Å²) in [5, 5.41) is 9.13. The van der Waals surface area contributed by atoms with Crippen LogP contribution in [0.15, 0.2) is 65.8 Å². The summed E-state index contributed by atoms with van der Waals surface area (Å²) in [5.74, 6) is -3.01. The number of nitrogens with zero attached hydrogens (tertiary/aromatic N) is 1. The van der Waals surface area contributed by atoms with Gasteiger partial charge in [-0.05, 0) is 54.1 Å². The second-order valence-corrected chi connectivity index (χ2v) is 7.85. The van der Waals surface area contributed by atoms with E-state index in [9.17, 15) is 18.8 Å². The standard InChI is InChI=1S/C24H19Cl2FN4O5/c1-35-20-11-14(12-28-31-24(34)23(33)30-19-5-3-2-4-18(19)27)10-17(26)22(20)36-13-21(32)29-16-8-6-15(25)7-9-16/h2-12H,13H2,1H3,(H,29,32)(H,30,33)(H,31,34)/b28-12-. The first-order valence-electron chi connectivity index (χ1n) is 10.2. The Morgan fingerprint density at radius 3 is 2.42 bits per heavy atom. The van der Waals surface area contributed by atoms with Crippen molar-refractivity contribution in [2.24, 2.45) is 5.10 Å². The molecule has 3 aromatic rings. The summed E-state index contributed by atoms with van der Waals surface area (Å²) in [5.41, 5.74) is 2.82. The van der Waals surface area contributed by atoms with Crippen molar-refractivity contribution < 1.29 is 28.2 Å². The molecule has 0 spiro atoms. The summed E-state index contributed by atoms with van der Waals surface area (Å²) >= 11 is 12.1. The number of anilines is 2. The average molecular weight is 533 g/mol. The molecule has 0 bridgehead atoms. The molecule has 3 N–H and O–H groups in total. The number of amides is 3. The highest BCUT2D eigenvalue weighted by molar-refractivity contribution is 6.39. The Kier molecular flexibility index (Phi) is 9.20. The van der Waals surface area contributed by atoms with Crippen molar-refractivity contribution in [1.82, 2.24) is 5.43 Å². The number of carbonyl (C=O) groups excluding carboxylic acids is 3. The molecular weight excluding hydrogens is 514 g/mol. The molecule has 0 aliphatic rings. The summed E-state index contributed by atoms with van der Waals surface area (Å²) in [4.78, 5) is 36.0. The highest BCUT2D eigenvalue weighted by Gasteiger charge is 2.16. The smallest absolute Gasteiger partial charge is 0.329 e. The number of ether oxygens (including phenoxy) is 2. The molecule has 186 valence electrons. The van der Waals surface area contributed by atoms with Crippen molar-refractivity contribution in [3.05, 3.63) is 82.1 Å². The number of hydrogen-bond donors (Lipinski definition) is 3. The summed E-state index contributed by atoms with van der Waals surface area (Å²) in [7, 11) is 1.38. The topological polar surface area (TPSA) is 118 Å². The van der Waals surface area contributed by atoms with E-state index >= 15 is 0 Å². The Hall–Kier alpha value is -4.15. The van der Waals surface area contributed by atoms with Gasteiger partial charge >= 0.3 is 11.8 Å². The number of para-hydroxylation sites is 1. The fourth-order valence-electron chi connectivity index (χ4n) is 2.78. The third kappa shape index (κ3) is 7.42. The fourth-order valence-corrected chi connectivity index (χ4v) is 3.18. The third-order valence-electron chi connectivity index (χ3n) is 4.44. The number of rotatable bonds is 8. The van der Waals surface area contributed by atoms with Crippen LogP contribution in [0.4, 0.5) is 15.8 Å². The van der Waals surface area contributed by atoms with E-state index in [4.69, 9.17) is 32.7 Å². The molecule has 0 atom stereocenters. The predicted octanol–water partition coefficient (Wildman–Crippen LogP) is 4.25. The van der Waals surface area contributed by atoms with Crippen LogP contribution in [0, 0.1) is 5.82 Å². The first-order chi connectivity index (χ1) is 17.3. The maximum atomic E-state index is 13.6. The Morgan fingerprint density at radius 1 is 1.00 bits per heavy atom. The van der Waals surface area contributed by atoms with Gasteiger partial charge in [0.05, 0.1) is 24.0 Å². The van der Waals surface area contributed by atoms with E-state index in [0.29, 0.717) is 16.3 Å². The molecule has 0 saturated carbocycles. The van der Waals surface area contributed by atoms with Crippen LogP contribution in [0.2, 0.25) is 10.0 Å². The van der Waals surface area contributed by atoms with Gasteiger partial charge in [0.15, 0.2) is 18.1 Å². The number of halogens is 3. The van der Waals surface area contributed by atoms with E-state index in [2.05, 4.69) is 15.7 Å². The van der Waals surface area contributed by atoms with Crippen molar-refractivity contribution in [3.63, 3.8) is 0 Å². The van der Waals surface area contributed by atoms with Gasteiger partial charge in [0.1, 0.15) is 5.82 Å². The van der Waals surface area contributed by atoms with Gasteiger partial charge in [0.2, 0.25) is 0 Å². The Morgan fingerprint density at radius 2 is 1.72 bits per heavy atom. The highest BCUT2D eigenvalue weighted by Crippen LogP contribution is 2.36. The molecule has 3 rings (SSSR count). The zero-order valence-corrected chi connectivity index (χ0v) is 20.2. The van der Waals surface area contributed by atoms with Crippen LogP contribution in [-0.2, 0) is 14.4 Å². The maximum absolute atomic E-state index is 13.6. The van der Waals surface area contributed by atoms with Crippen LogP contribution in [0.5, 0.6) is 11.5 Å². The molecule has 36 heavy (non-hydrogen) atoms. The van der Waals surface area contributed by atoms with Gasteiger partial charge in [0, 0.05) is 10.7 Å². The molecule has 0 fully saturated rings. The van der Waals surface area contributed by atoms with Crippen molar-refractivity contribution in [1.29, 1.82) is 0 Å². The van der Waals surface area contributed by atoms with E-state index in [-0.39, 0.29) is 28.8 Å². The lowest BCUT2D eigenvalue weighted by Crippen LogP contribution is -2.32. The van der Waals surface area contributed by atoms with Gasteiger partial charge < -0.3 is 20.1 Å². The minimum Gasteiger partial charge on any atom is -0.493 e. The minimum absolute atomic E-state index is 0.110. The lowest BCUT2D eigenvalue weighted by Gasteiger charge is -2.13. The minimum atomic E-state index is -1.11. The molecule has 3 amide bonds. The summed E-state index contributed by atoms with van der Waals surface area (Å²) < 4.78 is 24.4. The molecule has 0 aromatic heterocycles. The molecule has 0 aliphatic heterocycles. The van der Waals surface area contributed by atoms with Crippen LogP contribution in [-0.4, -0.2) is 37.7 Å². The van der Waals surface area contributed by atoms with Crippen LogP contribution in [0.1, 0.15) is 5.56 Å². The van der Waals surface area contributed by atoms with Gasteiger partial charge in [-0.15, -0.1) is 0 Å². The SMILES string of the molecule is COc1cc(/C=N\NC(=O)C(=O)Nc2ccccc2F)cc(Cl)c1OCC(=O)Nc1ccc(Cl)cc1. The molecule has 3 aromatic carbocycles. The van der Waals surface area contributed by atoms with E-state index in [1.165, 1.54) is 43.7 Å². The lowest BCUT2D eigenvalue weighted by atomic mass is 10.2. The summed E-state index contributed by atoms with van der Waals surface area (Å²) in [6, 6.07) is 14.9. The number of hydrogen-bond acceptors (Lipinski definition) is 6. The van der Waals surface area contributed by atoms with Gasteiger partial charge in [-0.1, -0.05) is 35.3 Å². The van der Waals surface area contributed by atoms with Crippen molar-refractivity contribution in [2.45, 2.75) is 0 Å². The van der Waals surface area contributed by atoms with Crippen LogP contribution < -0.4 is 25.5 Å². The Labute approximate surface area is 215 Å². The highest BCUT2D eigenvalue weighted by atomic mass is 35.5. The van der Waals surface area contributed by atoms with E-state index in [0.717, 1.165) is 6.07 Å². The number of nitrogens with one attached hydrogen (secondary N) is 3. The van der Waals surface area contributed by atoms with Crippen LogP contribution in [0.25, 0.3) is 0 Å².